The molecule has 1 heterocycles. The van der Waals surface area contributed by atoms with Crippen molar-refractivity contribution in [1.29, 1.82) is 0 Å². The van der Waals surface area contributed by atoms with Crippen LogP contribution in [0.3, 0.4) is 0 Å². The number of nitrogens with one attached hydrogen (secondary N) is 1. The highest BCUT2D eigenvalue weighted by molar-refractivity contribution is 5.94. The molecule has 6 nitrogen and oxygen atoms in total. The second kappa shape index (κ2) is 7.19. The van der Waals surface area contributed by atoms with Gasteiger partial charge in [0.25, 0.3) is 0 Å². The number of benzene rings is 1. The minimum absolute atomic E-state index is 0.0245. The third kappa shape index (κ3) is 4.84. The first kappa shape index (κ1) is 15.5. The van der Waals surface area contributed by atoms with Gasteiger partial charge in [-0.05, 0) is 19.1 Å². The molecular formula is C15H20N2O4. The lowest BCUT2D eigenvalue weighted by atomic mass is 10.1. The fraction of sp³-hybridized carbons (Fsp3) is 0.467. The molecule has 1 aromatic rings. The maximum absolute atomic E-state index is 11.3. The molecule has 114 valence electrons. The quantitative estimate of drug-likeness (QED) is 0.725. The summed E-state index contributed by atoms with van der Waals surface area (Å²) in [7, 11) is 0. The Kier molecular flexibility index (Phi) is 5.30. The number of β-amino-alcohol motifs (C(OH)–C–C–N with tert-alkyl or cyclic N) is 1. The van der Waals surface area contributed by atoms with E-state index in [9.17, 15) is 14.7 Å². The summed E-state index contributed by atoms with van der Waals surface area (Å²) in [5.41, 5.74) is 0.578. The first-order valence-corrected chi connectivity index (χ1v) is 6.95. The van der Waals surface area contributed by atoms with Gasteiger partial charge in [0.1, 0.15) is 18.5 Å². The van der Waals surface area contributed by atoms with E-state index in [4.69, 9.17) is 4.74 Å². The fourth-order valence-electron chi connectivity index (χ4n) is 2.20. The topological polar surface area (TPSA) is 78.9 Å². The van der Waals surface area contributed by atoms with E-state index in [2.05, 4.69) is 5.32 Å². The molecule has 21 heavy (non-hydrogen) atoms. The number of aliphatic hydroxyl groups excluding tert-OH is 1. The number of carbonyl (C=O) groups is 2. The number of amides is 1. The second-order valence-electron chi connectivity index (χ2n) is 5.13. The smallest absolute Gasteiger partial charge is 0.234 e. The Hall–Kier alpha value is -1.92. The van der Waals surface area contributed by atoms with Gasteiger partial charge < -0.3 is 15.2 Å². The number of nitrogens with zero attached hydrogens (tertiary/aromatic N) is 1. The van der Waals surface area contributed by atoms with Crippen LogP contribution in [0.25, 0.3) is 0 Å². The predicted octanol–water partition coefficient (Wildman–Crippen LogP) is 0.0607. The molecule has 6 heteroatoms. The second-order valence-corrected chi connectivity index (χ2v) is 5.13. The summed E-state index contributed by atoms with van der Waals surface area (Å²) >= 11 is 0. The summed E-state index contributed by atoms with van der Waals surface area (Å²) in [5, 5.41) is 12.7. The third-order valence-electron chi connectivity index (χ3n) is 3.27. The van der Waals surface area contributed by atoms with Crippen molar-refractivity contribution in [3.63, 3.8) is 0 Å². The van der Waals surface area contributed by atoms with Gasteiger partial charge in [-0.3, -0.25) is 14.5 Å². The number of ether oxygens (including phenoxy) is 1. The van der Waals surface area contributed by atoms with Crippen LogP contribution in [0.1, 0.15) is 17.3 Å². The molecule has 0 aliphatic carbocycles. The third-order valence-corrected chi connectivity index (χ3v) is 3.27. The van der Waals surface area contributed by atoms with Crippen molar-refractivity contribution in [2.24, 2.45) is 0 Å². The van der Waals surface area contributed by atoms with Crippen molar-refractivity contribution < 1.29 is 19.4 Å². The molecule has 0 radical (unpaired) electrons. The number of hydrogen-bond acceptors (Lipinski definition) is 5. The Bertz CT molecular complexity index is 518. The molecule has 0 unspecified atom stereocenters. The van der Waals surface area contributed by atoms with Gasteiger partial charge in [0.05, 0.1) is 6.54 Å². The molecule has 0 bridgehead atoms. The van der Waals surface area contributed by atoms with Gasteiger partial charge in [0.2, 0.25) is 5.91 Å². The average Bonchev–Trinajstić information content (AvgIpc) is 2.45. The zero-order valence-electron chi connectivity index (χ0n) is 12.0. The lowest BCUT2D eigenvalue weighted by Crippen LogP contribution is -2.50. The Balaban J connectivity index is 1.80. The Morgan fingerprint density at radius 3 is 3.05 bits per heavy atom. The monoisotopic (exact) mass is 292 g/mol. The van der Waals surface area contributed by atoms with Gasteiger partial charge in [-0.2, -0.15) is 0 Å². The van der Waals surface area contributed by atoms with Gasteiger partial charge >= 0.3 is 0 Å². The van der Waals surface area contributed by atoms with Crippen molar-refractivity contribution in [3.05, 3.63) is 29.8 Å². The molecule has 0 spiro atoms. The predicted molar refractivity (Wildman–Crippen MR) is 77.4 cm³/mol. The lowest BCUT2D eigenvalue weighted by Gasteiger charge is -2.28. The summed E-state index contributed by atoms with van der Waals surface area (Å²) in [6.45, 7) is 3.64. The highest BCUT2D eigenvalue weighted by Crippen LogP contribution is 2.14. The van der Waals surface area contributed by atoms with Gasteiger partial charge in [0, 0.05) is 25.2 Å². The summed E-state index contributed by atoms with van der Waals surface area (Å²) in [4.78, 5) is 24.4. The van der Waals surface area contributed by atoms with E-state index in [1.165, 1.54) is 6.92 Å². The van der Waals surface area contributed by atoms with E-state index in [0.717, 1.165) is 6.54 Å². The van der Waals surface area contributed by atoms with E-state index in [1.807, 2.05) is 4.90 Å². The van der Waals surface area contributed by atoms with Crippen LogP contribution < -0.4 is 10.1 Å². The number of ketones is 1. The highest BCUT2D eigenvalue weighted by Gasteiger charge is 2.19. The Morgan fingerprint density at radius 2 is 2.33 bits per heavy atom. The maximum atomic E-state index is 11.3. The average molecular weight is 292 g/mol. The van der Waals surface area contributed by atoms with Gasteiger partial charge in [0.15, 0.2) is 5.78 Å². The van der Waals surface area contributed by atoms with Crippen molar-refractivity contribution in [2.45, 2.75) is 13.0 Å². The number of carbonyl (C=O) groups excluding carboxylic acids is 2. The lowest BCUT2D eigenvalue weighted by molar-refractivity contribution is -0.124. The molecule has 0 saturated carbocycles. The normalized spacial score (nSPS) is 17.1. The van der Waals surface area contributed by atoms with E-state index in [1.54, 1.807) is 24.3 Å². The van der Waals surface area contributed by atoms with Crippen LogP contribution in [-0.2, 0) is 4.79 Å². The first-order valence-electron chi connectivity index (χ1n) is 6.95. The first-order chi connectivity index (χ1) is 10.0. The zero-order chi connectivity index (χ0) is 15.2. The van der Waals surface area contributed by atoms with Crippen molar-refractivity contribution >= 4 is 11.7 Å². The van der Waals surface area contributed by atoms with Crippen molar-refractivity contribution in [1.82, 2.24) is 10.2 Å². The number of piperazine rings is 1. The van der Waals surface area contributed by atoms with E-state index < -0.39 is 6.10 Å². The van der Waals surface area contributed by atoms with Crippen LogP contribution in [0.5, 0.6) is 5.75 Å². The number of rotatable bonds is 6. The molecule has 1 aliphatic heterocycles. The molecule has 2 N–H and O–H groups in total. The number of hydrogen-bond donors (Lipinski definition) is 2. The fourth-order valence-corrected chi connectivity index (χ4v) is 2.20. The largest absolute Gasteiger partial charge is 0.491 e. The molecule has 1 amide bonds. The summed E-state index contributed by atoms with van der Waals surface area (Å²) < 4.78 is 5.50. The zero-order valence-corrected chi connectivity index (χ0v) is 12.0. The summed E-state index contributed by atoms with van der Waals surface area (Å²) in [6.07, 6.45) is -0.683. The number of aliphatic hydroxyl groups is 1. The van der Waals surface area contributed by atoms with Crippen LogP contribution in [-0.4, -0.2) is 60.6 Å². The van der Waals surface area contributed by atoms with E-state index in [0.29, 0.717) is 30.9 Å². The van der Waals surface area contributed by atoms with Crippen LogP contribution in [0.2, 0.25) is 0 Å². The van der Waals surface area contributed by atoms with E-state index in [-0.39, 0.29) is 18.3 Å². The van der Waals surface area contributed by atoms with Gasteiger partial charge in [-0.25, -0.2) is 0 Å². The summed E-state index contributed by atoms with van der Waals surface area (Å²) in [6, 6.07) is 6.86. The van der Waals surface area contributed by atoms with Crippen LogP contribution in [0, 0.1) is 0 Å². The minimum Gasteiger partial charge on any atom is -0.491 e. The van der Waals surface area contributed by atoms with Crippen LogP contribution in [0.15, 0.2) is 24.3 Å². The molecule has 1 saturated heterocycles. The molecule has 2 rings (SSSR count). The van der Waals surface area contributed by atoms with Crippen molar-refractivity contribution in [3.8, 4) is 5.75 Å². The van der Waals surface area contributed by atoms with Gasteiger partial charge in [-0.1, -0.05) is 12.1 Å². The SMILES string of the molecule is CC(=O)c1cccc(OC[C@@H](O)CN2CCNC(=O)C2)c1. The Morgan fingerprint density at radius 1 is 1.52 bits per heavy atom. The van der Waals surface area contributed by atoms with E-state index >= 15 is 0 Å². The molecular weight excluding hydrogens is 272 g/mol. The van der Waals surface area contributed by atoms with Crippen LogP contribution >= 0.6 is 0 Å². The summed E-state index contributed by atoms with van der Waals surface area (Å²) in [5.74, 6) is 0.502. The number of Topliss-reactive ketones (excluding diaryl/α,β-unsaturated/α-hetero) is 1. The molecule has 1 aliphatic rings. The van der Waals surface area contributed by atoms with Crippen molar-refractivity contribution in [2.75, 3.05) is 32.8 Å². The minimum atomic E-state index is -0.683. The molecule has 1 fully saturated rings. The Labute approximate surface area is 123 Å². The highest BCUT2D eigenvalue weighted by atomic mass is 16.5. The van der Waals surface area contributed by atoms with Crippen LogP contribution in [0.4, 0.5) is 0 Å². The maximum Gasteiger partial charge on any atom is 0.234 e. The molecule has 0 aromatic heterocycles. The molecule has 1 atom stereocenters. The standard InChI is InChI=1S/C15H20N2O4/c1-11(18)12-3-2-4-14(7-12)21-10-13(19)8-17-6-5-16-15(20)9-17/h2-4,7,13,19H,5-6,8-10H2,1H3,(H,16,20)/t13-/m0/s1. The molecule has 1 aromatic carbocycles. The van der Waals surface area contributed by atoms with Gasteiger partial charge in [-0.15, -0.1) is 0 Å².